The smallest absolute Gasteiger partial charge is 0.254 e. The molecule has 0 spiro atoms. The van der Waals surface area contributed by atoms with Gasteiger partial charge in [0.2, 0.25) is 0 Å². The summed E-state index contributed by atoms with van der Waals surface area (Å²) < 4.78 is 10.6. The maximum absolute atomic E-state index is 12.8. The molecule has 1 saturated heterocycles. The minimum absolute atomic E-state index is 0.295. The van der Waals surface area contributed by atoms with E-state index in [0.29, 0.717) is 33.3 Å². The number of amides is 1. The number of thiocarbonyl (C=S) groups is 1. The Balaban J connectivity index is 0.000000330. The van der Waals surface area contributed by atoms with Crippen LogP contribution in [0.3, 0.4) is 0 Å². The van der Waals surface area contributed by atoms with Crippen LogP contribution in [0.4, 0.5) is 5.69 Å². The van der Waals surface area contributed by atoms with E-state index in [-0.39, 0.29) is 5.91 Å². The number of carbonyl (C=O) groups excluding carboxylic acids is 1. The maximum atomic E-state index is 12.8. The van der Waals surface area contributed by atoms with Gasteiger partial charge in [-0.05, 0) is 31.2 Å². The van der Waals surface area contributed by atoms with E-state index in [0.717, 1.165) is 13.2 Å². The molecule has 1 unspecified atom stereocenters. The summed E-state index contributed by atoms with van der Waals surface area (Å²) in [6.45, 7) is 6.02. The largest absolute Gasteiger partial charge is 0.763 e. The van der Waals surface area contributed by atoms with E-state index in [1.807, 2.05) is 18.2 Å². The highest BCUT2D eigenvalue weighted by molar-refractivity contribution is 7.80. The van der Waals surface area contributed by atoms with E-state index in [1.165, 1.54) is 19.4 Å². The van der Waals surface area contributed by atoms with Crippen LogP contribution in [0.1, 0.15) is 18.6 Å². The van der Waals surface area contributed by atoms with Crippen LogP contribution in [-0.4, -0.2) is 50.1 Å². The maximum Gasteiger partial charge on any atom is 0.254 e. The SMILES string of the molecule is CC1=C(C(=O)Nc2ccccc2)C(c2ccco2)C(=C=[N-])C(=S)N1.C[NH+]1CCOCC1. The lowest BCUT2D eigenvalue weighted by molar-refractivity contribution is -0.888. The number of quaternary nitrogens is 1. The lowest BCUT2D eigenvalue weighted by Gasteiger charge is -2.29. The number of likely N-dealkylation sites (N-methyl/N-ethyl adjacent to an activating group) is 1. The third-order valence-electron chi connectivity index (χ3n) is 5.10. The average molecular weight is 439 g/mol. The van der Waals surface area contributed by atoms with Crippen LogP contribution in [0.5, 0.6) is 0 Å². The van der Waals surface area contributed by atoms with Crippen LogP contribution in [0.2, 0.25) is 0 Å². The second-order valence-electron chi connectivity index (χ2n) is 7.36. The molecule has 0 saturated carbocycles. The number of hydrogen-bond donors (Lipinski definition) is 3. The van der Waals surface area contributed by atoms with Gasteiger partial charge in [0.1, 0.15) is 23.8 Å². The first kappa shape index (κ1) is 22.7. The first-order chi connectivity index (χ1) is 15.0. The van der Waals surface area contributed by atoms with Gasteiger partial charge in [-0.15, -0.1) is 0 Å². The van der Waals surface area contributed by atoms with Crippen molar-refractivity contribution in [2.75, 3.05) is 38.7 Å². The Morgan fingerprint density at radius 3 is 2.48 bits per heavy atom. The topological polar surface area (TPSA) is 90.2 Å². The molecule has 1 amide bonds. The summed E-state index contributed by atoms with van der Waals surface area (Å²) in [7, 11) is 2.20. The third kappa shape index (κ3) is 5.77. The molecule has 4 rings (SSSR count). The summed E-state index contributed by atoms with van der Waals surface area (Å²) in [5, 5.41) is 15.3. The molecule has 162 valence electrons. The molecule has 31 heavy (non-hydrogen) atoms. The Hall–Kier alpha value is -3.03. The quantitative estimate of drug-likeness (QED) is 0.387. The molecule has 1 aromatic carbocycles. The van der Waals surface area contributed by atoms with Gasteiger partial charge in [-0.25, -0.2) is 0 Å². The number of anilines is 1. The van der Waals surface area contributed by atoms with Gasteiger partial charge in [-0.2, -0.15) is 0 Å². The van der Waals surface area contributed by atoms with Crippen LogP contribution in [-0.2, 0) is 9.53 Å². The Morgan fingerprint density at radius 2 is 1.94 bits per heavy atom. The Morgan fingerprint density at radius 1 is 1.23 bits per heavy atom. The molecule has 1 fully saturated rings. The Bertz CT molecular complexity index is 989. The second-order valence-corrected chi connectivity index (χ2v) is 7.76. The molecule has 1 atom stereocenters. The highest BCUT2D eigenvalue weighted by Crippen LogP contribution is 2.36. The molecule has 3 heterocycles. The molecule has 1 aromatic heterocycles. The van der Waals surface area contributed by atoms with Crippen LogP contribution < -0.4 is 15.5 Å². The molecule has 3 N–H and O–H groups in total. The van der Waals surface area contributed by atoms with Gasteiger partial charge < -0.3 is 30.1 Å². The second kappa shape index (κ2) is 10.8. The number of hydrogen-bond acceptors (Lipinski definition) is 4. The minimum Gasteiger partial charge on any atom is -0.763 e. The van der Waals surface area contributed by atoms with E-state index in [9.17, 15) is 10.2 Å². The van der Waals surface area contributed by atoms with E-state index in [2.05, 4.69) is 23.6 Å². The molecule has 7 nitrogen and oxygen atoms in total. The number of ether oxygens (including phenoxy) is 1. The lowest BCUT2D eigenvalue weighted by Crippen LogP contribution is -3.11. The predicted octanol–water partition coefficient (Wildman–Crippen LogP) is 1.90. The van der Waals surface area contributed by atoms with Crippen molar-refractivity contribution >= 4 is 34.7 Å². The van der Waals surface area contributed by atoms with Gasteiger partial charge in [-0.1, -0.05) is 30.4 Å². The standard InChI is InChI=1S/C18H14N3O2S.C5H11NO/c1-11-15(17(22)21-12-6-3-2-4-7-12)16(14-8-5-9-23-14)13(10-19)18(24)20-11;1-6-2-4-7-5-3-6/h2-9,16H,1H3,(H,20,24)(H,21,22);2-5H2,1H3/q-1;/p+1. The van der Waals surface area contributed by atoms with Crippen LogP contribution in [0.15, 0.2) is 70.0 Å². The molecule has 2 aliphatic heterocycles. The Kier molecular flexibility index (Phi) is 7.92. The van der Waals surface area contributed by atoms with Gasteiger partial charge in [0.05, 0.1) is 38.0 Å². The normalized spacial score (nSPS) is 19.1. The highest BCUT2D eigenvalue weighted by atomic mass is 32.1. The lowest BCUT2D eigenvalue weighted by atomic mass is 9.84. The molecule has 0 bridgehead atoms. The monoisotopic (exact) mass is 438 g/mol. The number of nitrogens with one attached hydrogen (secondary N) is 3. The number of benzene rings is 1. The van der Waals surface area contributed by atoms with Crippen molar-refractivity contribution in [3.63, 3.8) is 0 Å². The highest BCUT2D eigenvalue weighted by Gasteiger charge is 2.35. The van der Waals surface area contributed by atoms with Gasteiger partial charge in [0.15, 0.2) is 0 Å². The van der Waals surface area contributed by atoms with Gasteiger partial charge in [-0.3, -0.25) is 10.7 Å². The zero-order chi connectivity index (χ0) is 22.2. The van der Waals surface area contributed by atoms with Gasteiger partial charge >= 0.3 is 0 Å². The molecule has 0 radical (unpaired) electrons. The molecule has 2 aliphatic rings. The first-order valence-corrected chi connectivity index (χ1v) is 10.5. The summed E-state index contributed by atoms with van der Waals surface area (Å²) in [6.07, 6.45) is 1.51. The number of morpholine rings is 1. The van der Waals surface area contributed by atoms with Crippen LogP contribution >= 0.6 is 12.2 Å². The summed E-state index contributed by atoms with van der Waals surface area (Å²) in [5.41, 5.74) is 1.99. The van der Waals surface area contributed by atoms with Crippen molar-refractivity contribution in [2.24, 2.45) is 0 Å². The third-order valence-corrected chi connectivity index (χ3v) is 5.42. The van der Waals surface area contributed by atoms with Crippen molar-refractivity contribution in [1.29, 1.82) is 0 Å². The number of rotatable bonds is 3. The minimum atomic E-state index is -0.623. The molecule has 2 aromatic rings. The van der Waals surface area contributed by atoms with Crippen LogP contribution in [0, 0.1) is 0 Å². The van der Waals surface area contributed by atoms with E-state index < -0.39 is 5.92 Å². The fraction of sp³-hybridized carbons (Fsp3) is 0.304. The number of furan rings is 1. The van der Waals surface area contributed by atoms with Crippen molar-refractivity contribution in [3.05, 3.63) is 76.7 Å². The zero-order valence-corrected chi connectivity index (χ0v) is 18.4. The molecule has 0 aliphatic carbocycles. The summed E-state index contributed by atoms with van der Waals surface area (Å²) >= 11 is 5.25. The van der Waals surface area contributed by atoms with Crippen molar-refractivity contribution < 1.29 is 18.8 Å². The van der Waals surface area contributed by atoms with Gasteiger partial charge in [0.25, 0.3) is 5.91 Å². The van der Waals surface area contributed by atoms with Crippen molar-refractivity contribution in [3.8, 4) is 0 Å². The van der Waals surface area contributed by atoms with Crippen molar-refractivity contribution in [2.45, 2.75) is 12.8 Å². The Labute approximate surface area is 187 Å². The first-order valence-electron chi connectivity index (χ1n) is 10.1. The average Bonchev–Trinajstić information content (AvgIpc) is 3.29. The number of carbonyl (C=O) groups is 1. The summed E-state index contributed by atoms with van der Waals surface area (Å²) in [4.78, 5) is 14.7. The number of allylic oxidation sites excluding steroid dienone is 1. The zero-order valence-electron chi connectivity index (χ0n) is 17.6. The van der Waals surface area contributed by atoms with Crippen molar-refractivity contribution in [1.82, 2.24) is 5.32 Å². The molecule has 8 heteroatoms. The summed E-state index contributed by atoms with van der Waals surface area (Å²) in [6, 6.07) is 12.6. The van der Waals surface area contributed by atoms with Crippen LogP contribution in [0.25, 0.3) is 5.41 Å². The fourth-order valence-corrected chi connectivity index (χ4v) is 3.71. The van der Waals surface area contributed by atoms with E-state index >= 15 is 0 Å². The van der Waals surface area contributed by atoms with E-state index in [1.54, 1.807) is 36.1 Å². The molecular formula is C23H26N4O3S. The number of nitrogens with zero attached hydrogens (tertiary/aromatic N) is 1. The van der Waals surface area contributed by atoms with Gasteiger partial charge in [0, 0.05) is 17.0 Å². The molecular weight excluding hydrogens is 412 g/mol. The predicted molar refractivity (Wildman–Crippen MR) is 124 cm³/mol. The fourth-order valence-electron chi connectivity index (χ4n) is 3.39. The van der Waals surface area contributed by atoms with E-state index in [4.69, 9.17) is 21.4 Å². The summed E-state index contributed by atoms with van der Waals surface area (Å²) in [5.74, 6) is 1.68. The number of para-hydroxylation sites is 1.